The molecule has 0 bridgehead atoms. The Morgan fingerprint density at radius 1 is 1.19 bits per heavy atom. The van der Waals surface area contributed by atoms with Gasteiger partial charge in [0.1, 0.15) is 6.33 Å². The Bertz CT molecular complexity index is 830. The molecule has 2 saturated carbocycles. The van der Waals surface area contributed by atoms with E-state index < -0.39 is 6.10 Å². The molecule has 8 heteroatoms. The molecule has 3 heterocycles. The van der Waals surface area contributed by atoms with Crippen molar-refractivity contribution >= 4 is 5.91 Å². The van der Waals surface area contributed by atoms with Crippen molar-refractivity contribution < 1.29 is 14.1 Å². The maximum atomic E-state index is 13.1. The van der Waals surface area contributed by atoms with Gasteiger partial charge in [-0.25, -0.2) is 9.97 Å². The molecular formula is C18H21N5O3. The third-order valence-corrected chi connectivity index (χ3v) is 5.16. The maximum absolute atomic E-state index is 13.1. The summed E-state index contributed by atoms with van der Waals surface area (Å²) in [6, 6.07) is 0. The first-order valence-corrected chi connectivity index (χ1v) is 9.27. The highest BCUT2D eigenvalue weighted by atomic mass is 16.5. The van der Waals surface area contributed by atoms with Gasteiger partial charge in [-0.15, -0.1) is 0 Å². The zero-order chi connectivity index (χ0) is 17.7. The lowest BCUT2D eigenvalue weighted by molar-refractivity contribution is -0.0810. The minimum absolute atomic E-state index is 0.0467. The predicted octanol–water partition coefficient (Wildman–Crippen LogP) is 2.22. The molecule has 1 saturated heterocycles. The van der Waals surface area contributed by atoms with Gasteiger partial charge in [-0.2, -0.15) is 4.98 Å². The van der Waals surface area contributed by atoms with E-state index in [1.165, 1.54) is 6.33 Å². The van der Waals surface area contributed by atoms with Crippen LogP contribution in [0.3, 0.4) is 0 Å². The van der Waals surface area contributed by atoms with E-state index in [0.29, 0.717) is 36.4 Å². The summed E-state index contributed by atoms with van der Waals surface area (Å²) < 4.78 is 11.4. The Kier molecular flexibility index (Phi) is 3.74. The second-order valence-corrected chi connectivity index (χ2v) is 7.51. The lowest BCUT2D eigenvalue weighted by Gasteiger charge is -2.35. The van der Waals surface area contributed by atoms with Gasteiger partial charge < -0.3 is 14.2 Å². The maximum Gasteiger partial charge on any atom is 0.257 e. The summed E-state index contributed by atoms with van der Waals surface area (Å²) in [6.45, 7) is 2.88. The summed E-state index contributed by atoms with van der Waals surface area (Å²) in [7, 11) is 0. The molecule has 0 unspecified atom stereocenters. The van der Waals surface area contributed by atoms with Crippen molar-refractivity contribution in [1.82, 2.24) is 25.0 Å². The molecule has 2 aliphatic carbocycles. The first-order valence-electron chi connectivity index (χ1n) is 9.27. The summed E-state index contributed by atoms with van der Waals surface area (Å²) in [5.74, 6) is 1.99. The van der Waals surface area contributed by atoms with E-state index in [1.54, 1.807) is 11.1 Å². The number of carbonyl (C=O) groups is 1. The second kappa shape index (κ2) is 6.12. The Morgan fingerprint density at radius 2 is 2.00 bits per heavy atom. The summed E-state index contributed by atoms with van der Waals surface area (Å²) in [4.78, 5) is 27.8. The van der Waals surface area contributed by atoms with Gasteiger partial charge in [0.15, 0.2) is 11.9 Å². The van der Waals surface area contributed by atoms with Crippen LogP contribution in [0.5, 0.6) is 0 Å². The topological polar surface area (TPSA) is 94.2 Å². The monoisotopic (exact) mass is 355 g/mol. The average molecular weight is 355 g/mol. The average Bonchev–Trinajstić information content (AvgIpc) is 3.59. The van der Waals surface area contributed by atoms with Crippen LogP contribution in [0.2, 0.25) is 0 Å². The van der Waals surface area contributed by atoms with Crippen LogP contribution >= 0.6 is 0 Å². The summed E-state index contributed by atoms with van der Waals surface area (Å²) >= 11 is 0. The number of ether oxygens (including phenoxy) is 1. The van der Waals surface area contributed by atoms with Gasteiger partial charge >= 0.3 is 0 Å². The number of hydrogen-bond acceptors (Lipinski definition) is 7. The molecule has 0 N–H and O–H groups in total. The molecule has 3 aliphatic rings. The summed E-state index contributed by atoms with van der Waals surface area (Å²) in [5.41, 5.74) is 1.47. The van der Waals surface area contributed by atoms with Crippen LogP contribution < -0.4 is 0 Å². The zero-order valence-electron chi connectivity index (χ0n) is 14.7. The van der Waals surface area contributed by atoms with Gasteiger partial charge in [0.2, 0.25) is 0 Å². The molecule has 136 valence electrons. The van der Waals surface area contributed by atoms with Crippen LogP contribution in [-0.4, -0.2) is 50.1 Å². The van der Waals surface area contributed by atoms with E-state index in [-0.39, 0.29) is 12.0 Å². The molecule has 2 atom stereocenters. The Balaban J connectivity index is 1.37. The van der Waals surface area contributed by atoms with Crippen LogP contribution in [0.15, 0.2) is 17.0 Å². The normalized spacial score (nSPS) is 26.1. The Morgan fingerprint density at radius 3 is 2.77 bits per heavy atom. The quantitative estimate of drug-likeness (QED) is 0.830. The Labute approximate surface area is 151 Å². The van der Waals surface area contributed by atoms with Crippen molar-refractivity contribution in [1.29, 1.82) is 0 Å². The third-order valence-electron chi connectivity index (χ3n) is 5.16. The van der Waals surface area contributed by atoms with Crippen LogP contribution in [0.25, 0.3) is 0 Å². The third kappa shape index (κ3) is 2.98. The lowest BCUT2D eigenvalue weighted by Crippen LogP contribution is -2.46. The van der Waals surface area contributed by atoms with Crippen molar-refractivity contribution in [2.45, 2.75) is 56.7 Å². The number of hydrogen-bond donors (Lipinski definition) is 0. The number of amides is 1. The van der Waals surface area contributed by atoms with E-state index in [9.17, 15) is 4.79 Å². The largest absolute Gasteiger partial charge is 0.362 e. The molecule has 0 aromatic carbocycles. The van der Waals surface area contributed by atoms with E-state index >= 15 is 0 Å². The van der Waals surface area contributed by atoms with Crippen molar-refractivity contribution in [2.24, 2.45) is 0 Å². The number of rotatable bonds is 4. The molecule has 0 spiro atoms. The van der Waals surface area contributed by atoms with Crippen molar-refractivity contribution in [3.63, 3.8) is 0 Å². The van der Waals surface area contributed by atoms with Gasteiger partial charge in [0, 0.05) is 24.6 Å². The van der Waals surface area contributed by atoms with E-state index in [2.05, 4.69) is 20.1 Å². The van der Waals surface area contributed by atoms with Gasteiger partial charge in [0.25, 0.3) is 11.8 Å². The lowest BCUT2D eigenvalue weighted by atomic mass is 10.1. The first-order chi connectivity index (χ1) is 12.7. The number of nitrogens with zero attached hydrogens (tertiary/aromatic N) is 5. The molecular weight excluding hydrogens is 334 g/mol. The van der Waals surface area contributed by atoms with E-state index in [4.69, 9.17) is 9.26 Å². The fraction of sp³-hybridized carbons (Fsp3) is 0.611. The van der Waals surface area contributed by atoms with Crippen molar-refractivity contribution in [2.75, 3.05) is 13.1 Å². The van der Waals surface area contributed by atoms with Crippen LogP contribution in [0.1, 0.15) is 78.3 Å². The van der Waals surface area contributed by atoms with Gasteiger partial charge in [-0.1, -0.05) is 5.16 Å². The van der Waals surface area contributed by atoms with Crippen molar-refractivity contribution in [3.05, 3.63) is 35.5 Å². The zero-order valence-corrected chi connectivity index (χ0v) is 14.7. The van der Waals surface area contributed by atoms with Gasteiger partial charge in [-0.3, -0.25) is 4.79 Å². The summed E-state index contributed by atoms with van der Waals surface area (Å²) in [5, 5.41) is 4.06. The minimum Gasteiger partial charge on any atom is -0.362 e. The number of aromatic nitrogens is 4. The molecule has 1 amide bonds. The molecule has 0 radical (unpaired) electrons. The molecule has 2 aromatic heterocycles. The SMILES string of the molecule is C[C@@H]1CN(C(=O)c2cncnc2C2CC2)C[C@H](c2nc(C3CC3)no2)O1. The highest BCUT2D eigenvalue weighted by Gasteiger charge is 2.37. The molecule has 26 heavy (non-hydrogen) atoms. The predicted molar refractivity (Wildman–Crippen MR) is 89.5 cm³/mol. The van der Waals surface area contributed by atoms with E-state index in [0.717, 1.165) is 37.2 Å². The number of carbonyl (C=O) groups excluding carboxylic acids is 1. The van der Waals surface area contributed by atoms with Crippen LogP contribution in [-0.2, 0) is 4.74 Å². The highest BCUT2D eigenvalue weighted by molar-refractivity contribution is 5.95. The van der Waals surface area contributed by atoms with Crippen LogP contribution in [0, 0.1) is 0 Å². The fourth-order valence-corrected chi connectivity index (χ4v) is 3.50. The van der Waals surface area contributed by atoms with Crippen LogP contribution in [0.4, 0.5) is 0 Å². The number of morpholine rings is 1. The molecule has 3 fully saturated rings. The van der Waals surface area contributed by atoms with Gasteiger partial charge in [0.05, 0.1) is 23.9 Å². The molecule has 2 aromatic rings. The molecule has 1 aliphatic heterocycles. The Hall–Kier alpha value is -2.35. The minimum atomic E-state index is -0.392. The first kappa shape index (κ1) is 15.9. The molecule has 5 rings (SSSR count). The van der Waals surface area contributed by atoms with Gasteiger partial charge in [-0.05, 0) is 32.6 Å². The fourth-order valence-electron chi connectivity index (χ4n) is 3.50. The standard InChI is InChI=1S/C18H21N5O3/c1-10-7-23(18(24)13-6-19-9-20-15(13)11-2-3-11)8-14(25-10)17-21-16(22-26-17)12-4-5-12/h6,9-12,14H,2-5,7-8H2,1H3/t10-,14-/m1/s1. The summed E-state index contributed by atoms with van der Waals surface area (Å²) in [6.07, 6.45) is 7.06. The highest BCUT2D eigenvalue weighted by Crippen LogP contribution is 2.41. The second-order valence-electron chi connectivity index (χ2n) is 7.51. The van der Waals surface area contributed by atoms with E-state index in [1.807, 2.05) is 6.92 Å². The smallest absolute Gasteiger partial charge is 0.257 e. The van der Waals surface area contributed by atoms with Crippen molar-refractivity contribution in [3.8, 4) is 0 Å². The molecule has 8 nitrogen and oxygen atoms in total.